The molecule has 1 aromatic rings. The van der Waals surface area contributed by atoms with Crippen LogP contribution in [0.3, 0.4) is 0 Å². The Morgan fingerprint density at radius 3 is 2.75 bits per heavy atom. The van der Waals surface area contributed by atoms with Gasteiger partial charge in [-0.05, 0) is 11.1 Å². The lowest BCUT2D eigenvalue weighted by atomic mass is 10.0. The molecule has 0 bridgehead atoms. The number of nitrogens with two attached hydrogens (primary N) is 1. The molecule has 0 saturated heterocycles. The average Bonchev–Trinajstić information content (AvgIpc) is 2.47. The smallest absolute Gasteiger partial charge is 0.0150 e. The van der Waals surface area contributed by atoms with Crippen LogP contribution >= 0.6 is 12.4 Å². The number of hydrogen-bond donors (Lipinski definition) is 1. The van der Waals surface area contributed by atoms with E-state index < -0.39 is 0 Å². The maximum Gasteiger partial charge on any atom is 0.0150 e. The van der Waals surface area contributed by atoms with Gasteiger partial charge in [-0.1, -0.05) is 36.4 Å². The summed E-state index contributed by atoms with van der Waals surface area (Å²) in [6.07, 6.45) is 4.32. The van der Waals surface area contributed by atoms with Gasteiger partial charge >= 0.3 is 0 Å². The fraction of sp³-hybridized carbons (Fsp3) is 0.200. The van der Waals surface area contributed by atoms with Crippen molar-refractivity contribution in [1.29, 1.82) is 0 Å². The van der Waals surface area contributed by atoms with Gasteiger partial charge in [-0.15, -0.1) is 12.4 Å². The van der Waals surface area contributed by atoms with Gasteiger partial charge in [0, 0.05) is 12.5 Å². The Morgan fingerprint density at radius 2 is 2.00 bits per heavy atom. The van der Waals surface area contributed by atoms with E-state index in [2.05, 4.69) is 36.4 Å². The third-order valence-electron chi connectivity index (χ3n) is 2.16. The molecule has 1 atom stereocenters. The fourth-order valence-corrected chi connectivity index (χ4v) is 1.53. The molecule has 2 rings (SSSR count). The highest BCUT2D eigenvalue weighted by Gasteiger charge is 2.13. The first kappa shape index (κ1) is 9.30. The van der Waals surface area contributed by atoms with Gasteiger partial charge in [0.2, 0.25) is 0 Å². The van der Waals surface area contributed by atoms with Crippen LogP contribution in [-0.2, 0) is 0 Å². The summed E-state index contributed by atoms with van der Waals surface area (Å²) in [6, 6.07) is 8.39. The van der Waals surface area contributed by atoms with E-state index in [1.54, 1.807) is 0 Å². The first-order valence-electron chi connectivity index (χ1n) is 3.89. The van der Waals surface area contributed by atoms with Gasteiger partial charge in [-0.25, -0.2) is 0 Å². The molecule has 0 amide bonds. The van der Waals surface area contributed by atoms with E-state index in [1.165, 1.54) is 11.1 Å². The van der Waals surface area contributed by atoms with Crippen molar-refractivity contribution in [3.63, 3.8) is 0 Å². The molecule has 1 aromatic carbocycles. The van der Waals surface area contributed by atoms with Crippen LogP contribution < -0.4 is 5.73 Å². The van der Waals surface area contributed by atoms with E-state index in [-0.39, 0.29) is 12.4 Å². The maximum absolute atomic E-state index is 5.60. The molecule has 0 saturated carbocycles. The molecule has 0 aliphatic heterocycles. The fourth-order valence-electron chi connectivity index (χ4n) is 1.53. The zero-order valence-electron chi connectivity index (χ0n) is 6.73. The van der Waals surface area contributed by atoms with Gasteiger partial charge in [0.05, 0.1) is 0 Å². The molecule has 1 unspecified atom stereocenters. The lowest BCUT2D eigenvalue weighted by Crippen LogP contribution is -2.08. The van der Waals surface area contributed by atoms with E-state index in [4.69, 9.17) is 5.73 Å². The largest absolute Gasteiger partial charge is 0.330 e. The minimum absolute atomic E-state index is 0. The van der Waals surface area contributed by atoms with Gasteiger partial charge in [0.25, 0.3) is 0 Å². The van der Waals surface area contributed by atoms with Crippen molar-refractivity contribution in [3.05, 3.63) is 41.5 Å². The van der Waals surface area contributed by atoms with Crippen molar-refractivity contribution in [2.24, 2.45) is 5.73 Å². The van der Waals surface area contributed by atoms with Crippen LogP contribution in [0.5, 0.6) is 0 Å². The van der Waals surface area contributed by atoms with E-state index >= 15 is 0 Å². The Hall–Kier alpha value is -0.790. The van der Waals surface area contributed by atoms with Crippen molar-refractivity contribution < 1.29 is 0 Å². The molecular weight excluding hydrogens is 170 g/mol. The summed E-state index contributed by atoms with van der Waals surface area (Å²) < 4.78 is 0. The predicted octanol–water partition coefficient (Wildman–Crippen LogP) is 2.18. The second kappa shape index (κ2) is 3.74. The molecule has 0 spiro atoms. The van der Waals surface area contributed by atoms with Gasteiger partial charge in [-0.3, -0.25) is 0 Å². The average molecular weight is 182 g/mol. The van der Waals surface area contributed by atoms with Crippen molar-refractivity contribution in [1.82, 2.24) is 0 Å². The lowest BCUT2D eigenvalue weighted by molar-refractivity contribution is 0.863. The Labute approximate surface area is 78.7 Å². The molecule has 0 aromatic heterocycles. The van der Waals surface area contributed by atoms with Crippen LogP contribution in [0.15, 0.2) is 30.3 Å². The summed E-state index contributed by atoms with van der Waals surface area (Å²) in [7, 11) is 0. The molecule has 12 heavy (non-hydrogen) atoms. The summed E-state index contributed by atoms with van der Waals surface area (Å²) in [5.41, 5.74) is 8.29. The third-order valence-corrected chi connectivity index (χ3v) is 2.16. The summed E-state index contributed by atoms with van der Waals surface area (Å²) in [4.78, 5) is 0. The first-order chi connectivity index (χ1) is 5.42. The number of hydrogen-bond acceptors (Lipinski definition) is 1. The second-order valence-electron chi connectivity index (χ2n) is 2.83. The SMILES string of the molecule is Cl.NCC1C=Cc2ccccc21. The van der Waals surface area contributed by atoms with Gasteiger partial charge in [-0.2, -0.15) is 0 Å². The molecule has 1 nitrogen and oxygen atoms in total. The molecule has 64 valence electrons. The summed E-state index contributed by atoms with van der Waals surface area (Å²) in [6.45, 7) is 0.716. The highest BCUT2D eigenvalue weighted by Crippen LogP contribution is 2.28. The van der Waals surface area contributed by atoms with Gasteiger partial charge in [0.1, 0.15) is 0 Å². The summed E-state index contributed by atoms with van der Waals surface area (Å²) in [5, 5.41) is 0. The predicted molar refractivity (Wildman–Crippen MR) is 54.5 cm³/mol. The quantitative estimate of drug-likeness (QED) is 0.706. The summed E-state index contributed by atoms with van der Waals surface area (Å²) in [5.74, 6) is 0.450. The Bertz CT molecular complexity index is 294. The molecule has 2 heteroatoms. The molecule has 0 radical (unpaired) electrons. The zero-order valence-corrected chi connectivity index (χ0v) is 7.55. The Kier molecular flexibility index (Phi) is 2.90. The topological polar surface area (TPSA) is 26.0 Å². The molecule has 1 aliphatic carbocycles. The van der Waals surface area contributed by atoms with Crippen LogP contribution in [0.2, 0.25) is 0 Å². The van der Waals surface area contributed by atoms with Gasteiger partial charge in [0.15, 0.2) is 0 Å². The second-order valence-corrected chi connectivity index (χ2v) is 2.83. The maximum atomic E-state index is 5.60. The van der Waals surface area contributed by atoms with Crippen LogP contribution in [0.1, 0.15) is 17.0 Å². The standard InChI is InChI=1S/C10H11N.ClH/c11-7-9-6-5-8-3-1-2-4-10(8)9;/h1-6,9H,7,11H2;1H. The van der Waals surface area contributed by atoms with Crippen molar-refractivity contribution in [3.8, 4) is 0 Å². The Morgan fingerprint density at radius 1 is 1.25 bits per heavy atom. The number of halogens is 1. The molecule has 0 heterocycles. The highest BCUT2D eigenvalue weighted by molar-refractivity contribution is 5.85. The van der Waals surface area contributed by atoms with Crippen molar-refractivity contribution in [2.75, 3.05) is 6.54 Å². The van der Waals surface area contributed by atoms with Crippen LogP contribution in [0.4, 0.5) is 0 Å². The number of rotatable bonds is 1. The van der Waals surface area contributed by atoms with Crippen molar-refractivity contribution >= 4 is 18.5 Å². The minimum atomic E-state index is 0. The van der Waals surface area contributed by atoms with Crippen LogP contribution in [0.25, 0.3) is 6.08 Å². The van der Waals surface area contributed by atoms with E-state index in [0.29, 0.717) is 12.5 Å². The lowest BCUT2D eigenvalue weighted by Gasteiger charge is -2.05. The first-order valence-corrected chi connectivity index (χ1v) is 3.89. The van der Waals surface area contributed by atoms with Gasteiger partial charge < -0.3 is 5.73 Å². The number of fused-ring (bicyclic) bond motifs is 1. The molecule has 0 fully saturated rings. The normalized spacial score (nSPS) is 18.6. The molecular formula is C10H12ClN. The summed E-state index contributed by atoms with van der Waals surface area (Å²) >= 11 is 0. The van der Waals surface area contributed by atoms with Crippen LogP contribution in [0, 0.1) is 0 Å². The third kappa shape index (κ3) is 1.38. The monoisotopic (exact) mass is 181 g/mol. The molecule has 1 aliphatic rings. The van der Waals surface area contributed by atoms with E-state index in [0.717, 1.165) is 0 Å². The van der Waals surface area contributed by atoms with E-state index in [9.17, 15) is 0 Å². The van der Waals surface area contributed by atoms with Crippen molar-refractivity contribution in [2.45, 2.75) is 5.92 Å². The zero-order chi connectivity index (χ0) is 7.68. The number of benzene rings is 1. The minimum Gasteiger partial charge on any atom is -0.330 e. The van der Waals surface area contributed by atoms with Crippen LogP contribution in [-0.4, -0.2) is 6.54 Å². The Balaban J connectivity index is 0.000000720. The molecule has 2 N–H and O–H groups in total. The highest BCUT2D eigenvalue weighted by atomic mass is 35.5. The van der Waals surface area contributed by atoms with E-state index in [1.807, 2.05) is 0 Å².